The van der Waals surface area contributed by atoms with Crippen molar-refractivity contribution in [3.63, 3.8) is 0 Å². The van der Waals surface area contributed by atoms with Crippen LogP contribution in [0.3, 0.4) is 0 Å². The van der Waals surface area contributed by atoms with Crippen molar-refractivity contribution in [3.8, 4) is 0 Å². The van der Waals surface area contributed by atoms with Gasteiger partial charge in [-0.2, -0.15) is 0 Å². The first-order valence-corrected chi connectivity index (χ1v) is 15.2. The summed E-state index contributed by atoms with van der Waals surface area (Å²) in [7, 11) is 0. The molecule has 0 saturated carbocycles. The normalized spacial score (nSPS) is 11.1. The van der Waals surface area contributed by atoms with Crippen LogP contribution in [0.2, 0.25) is 0 Å². The SMILES string of the molecule is O=[N+]([O-])c1cc([N+](=O)[O-])c(/C=C/c2cc(/C=C/c3c([N+](=O)[O-])cc([N+](=O)[O-])cc3[N+](=O)[O-])c([N+](=O)[O-])c(/C=C/c3c([N+](=O)[O-])cc([N+](=O)[O-])cc3[N+](=O)[O-])c2)c([N+](=O)[O-])c1. The van der Waals surface area contributed by atoms with E-state index in [-0.39, 0.29) is 5.56 Å². The van der Waals surface area contributed by atoms with Crippen LogP contribution in [0.1, 0.15) is 33.4 Å². The zero-order valence-electron chi connectivity index (χ0n) is 28.7. The molecule has 60 heavy (non-hydrogen) atoms. The van der Waals surface area contributed by atoms with Crippen LogP contribution >= 0.6 is 0 Å². The fourth-order valence-corrected chi connectivity index (χ4v) is 5.35. The van der Waals surface area contributed by atoms with Gasteiger partial charge in [0.15, 0.2) is 0 Å². The number of rotatable bonds is 16. The number of nitro groups is 10. The summed E-state index contributed by atoms with van der Waals surface area (Å²) in [5, 5.41) is 118. The molecule has 0 unspecified atom stereocenters. The zero-order valence-corrected chi connectivity index (χ0v) is 28.7. The molecule has 4 aromatic rings. The average Bonchev–Trinajstić information content (AvgIpc) is 3.16. The number of non-ortho nitro benzene ring substituents is 3. The summed E-state index contributed by atoms with van der Waals surface area (Å²) in [6.45, 7) is 0. The number of hydrogen-bond donors (Lipinski definition) is 0. The molecule has 0 bridgehead atoms. The Morgan fingerprint density at radius 3 is 0.717 bits per heavy atom. The summed E-state index contributed by atoms with van der Waals surface area (Å²) in [5.74, 6) is 0. The van der Waals surface area contributed by atoms with E-state index in [1.807, 2.05) is 0 Å². The molecule has 0 aliphatic heterocycles. The first kappa shape index (κ1) is 42.8. The van der Waals surface area contributed by atoms with Crippen LogP contribution in [-0.4, -0.2) is 49.2 Å². The molecule has 0 radical (unpaired) electrons. The Labute approximate surface area is 325 Å². The summed E-state index contributed by atoms with van der Waals surface area (Å²) in [5.41, 5.74) is -16.1. The molecule has 0 N–H and O–H groups in total. The highest BCUT2D eigenvalue weighted by molar-refractivity contribution is 5.90. The molecule has 0 spiro atoms. The third kappa shape index (κ3) is 8.96. The highest BCUT2D eigenvalue weighted by atomic mass is 16.7. The molecule has 0 amide bonds. The van der Waals surface area contributed by atoms with Crippen LogP contribution in [0.5, 0.6) is 0 Å². The molecule has 0 saturated heterocycles. The molecular weight excluding hydrogens is 820 g/mol. The van der Waals surface area contributed by atoms with Gasteiger partial charge in [-0.1, -0.05) is 6.08 Å². The van der Waals surface area contributed by atoms with E-state index in [0.29, 0.717) is 66.8 Å². The van der Waals surface area contributed by atoms with Crippen molar-refractivity contribution < 1.29 is 49.2 Å². The van der Waals surface area contributed by atoms with Crippen molar-refractivity contribution in [2.45, 2.75) is 0 Å². The number of nitro benzene ring substituents is 10. The van der Waals surface area contributed by atoms with Crippen LogP contribution in [-0.2, 0) is 0 Å². The molecule has 0 atom stereocenters. The van der Waals surface area contributed by atoms with E-state index < -0.39 is 134 Å². The van der Waals surface area contributed by atoms with E-state index in [9.17, 15) is 101 Å². The summed E-state index contributed by atoms with van der Waals surface area (Å²) in [4.78, 5) is 106. The fourth-order valence-electron chi connectivity index (χ4n) is 5.35. The van der Waals surface area contributed by atoms with Gasteiger partial charge in [0.2, 0.25) is 0 Å². The molecule has 0 aliphatic carbocycles. The Hall–Kier alpha value is -9.90. The van der Waals surface area contributed by atoms with Gasteiger partial charge in [0.25, 0.3) is 56.9 Å². The van der Waals surface area contributed by atoms with Crippen molar-refractivity contribution in [2.24, 2.45) is 0 Å². The first-order valence-electron chi connectivity index (χ1n) is 15.2. The minimum Gasteiger partial charge on any atom is -0.258 e. The van der Waals surface area contributed by atoms with Crippen LogP contribution < -0.4 is 0 Å². The summed E-state index contributed by atoms with van der Waals surface area (Å²) in [6.07, 6.45) is 3.87. The van der Waals surface area contributed by atoms with Crippen LogP contribution in [0.4, 0.5) is 56.9 Å². The molecular formula is C30H14N10O20. The van der Waals surface area contributed by atoms with Gasteiger partial charge < -0.3 is 0 Å². The van der Waals surface area contributed by atoms with Crippen molar-refractivity contribution in [1.29, 1.82) is 0 Å². The molecule has 30 nitrogen and oxygen atoms in total. The molecule has 304 valence electrons. The Morgan fingerprint density at radius 2 is 0.517 bits per heavy atom. The maximum absolute atomic E-state index is 12.6. The Kier molecular flexibility index (Phi) is 12.0. The van der Waals surface area contributed by atoms with E-state index in [4.69, 9.17) is 0 Å². The third-order valence-corrected chi connectivity index (χ3v) is 7.85. The Balaban J connectivity index is 2.14. The van der Waals surface area contributed by atoms with Crippen LogP contribution in [0.25, 0.3) is 36.5 Å². The molecule has 0 aliphatic rings. The average molecular weight is 834 g/mol. The highest BCUT2D eigenvalue weighted by Crippen LogP contribution is 2.40. The lowest BCUT2D eigenvalue weighted by atomic mass is 9.98. The smallest absolute Gasteiger partial charge is 0.258 e. The topological polar surface area (TPSA) is 431 Å². The van der Waals surface area contributed by atoms with Crippen LogP contribution in [0, 0.1) is 101 Å². The van der Waals surface area contributed by atoms with Gasteiger partial charge in [-0.05, 0) is 48.1 Å². The fraction of sp³-hybridized carbons (Fsp3) is 0. The van der Waals surface area contributed by atoms with Crippen molar-refractivity contribution in [2.75, 3.05) is 0 Å². The molecule has 30 heteroatoms. The Bertz CT molecular complexity index is 2530. The van der Waals surface area contributed by atoms with Crippen molar-refractivity contribution in [3.05, 3.63) is 183 Å². The lowest BCUT2D eigenvalue weighted by molar-refractivity contribution is -0.403. The quantitative estimate of drug-likeness (QED) is 0.0607. The van der Waals surface area contributed by atoms with E-state index in [1.165, 1.54) is 0 Å². The van der Waals surface area contributed by atoms with Gasteiger partial charge in [-0.15, -0.1) is 0 Å². The van der Waals surface area contributed by atoms with E-state index in [2.05, 4.69) is 0 Å². The molecule has 0 aromatic heterocycles. The molecule has 4 rings (SSSR count). The van der Waals surface area contributed by atoms with Gasteiger partial charge in [-0.25, -0.2) is 0 Å². The predicted molar refractivity (Wildman–Crippen MR) is 199 cm³/mol. The van der Waals surface area contributed by atoms with Crippen molar-refractivity contribution in [1.82, 2.24) is 0 Å². The van der Waals surface area contributed by atoms with E-state index in [1.54, 1.807) is 0 Å². The zero-order chi connectivity index (χ0) is 44.9. The molecule has 4 aromatic carbocycles. The summed E-state index contributed by atoms with van der Waals surface area (Å²) >= 11 is 0. The first-order chi connectivity index (χ1) is 28.0. The summed E-state index contributed by atoms with van der Waals surface area (Å²) < 4.78 is 0. The molecule has 0 fully saturated rings. The maximum atomic E-state index is 12.6. The molecule has 0 heterocycles. The predicted octanol–water partition coefficient (Wildman–Crippen LogP) is 7.28. The lowest BCUT2D eigenvalue weighted by Gasteiger charge is -2.07. The Morgan fingerprint density at radius 1 is 0.283 bits per heavy atom. The minimum atomic E-state index is -1.25. The second-order valence-electron chi connectivity index (χ2n) is 11.3. The second kappa shape index (κ2) is 16.9. The largest absolute Gasteiger partial charge is 0.290 e. The maximum Gasteiger partial charge on any atom is 0.290 e. The minimum absolute atomic E-state index is 0.336. The highest BCUT2D eigenvalue weighted by Gasteiger charge is 2.32. The standard InChI is InChI=1S/C30H14N10O20/c41-31(42)18-9-24(34(47)48)21(25(10-18)35(49)50)4-1-15-7-16(2-5-22-26(36(51)52)11-19(32(43)44)12-27(22)37(53)54)30(40(59)60)17(8-15)3-6-23-28(38(55)56)13-20(33(45)46)14-29(23)39(57)58/h1-14H/b4-1+,5-2+,6-3+. The van der Waals surface area contributed by atoms with Gasteiger partial charge >= 0.3 is 0 Å². The number of benzene rings is 4. The van der Waals surface area contributed by atoms with Crippen molar-refractivity contribution >= 4 is 93.3 Å². The van der Waals surface area contributed by atoms with Gasteiger partial charge in [-0.3, -0.25) is 101 Å². The number of nitrogens with zero attached hydrogens (tertiary/aromatic N) is 10. The van der Waals surface area contributed by atoms with Gasteiger partial charge in [0, 0.05) is 0 Å². The third-order valence-electron chi connectivity index (χ3n) is 7.85. The number of hydrogen-bond acceptors (Lipinski definition) is 20. The van der Waals surface area contributed by atoms with E-state index >= 15 is 0 Å². The summed E-state index contributed by atoms with van der Waals surface area (Å²) in [6, 6.07) is 3.74. The van der Waals surface area contributed by atoms with Gasteiger partial charge in [0.1, 0.15) is 16.7 Å². The lowest BCUT2D eigenvalue weighted by Crippen LogP contribution is -2.01. The van der Waals surface area contributed by atoms with Crippen LogP contribution in [0.15, 0.2) is 48.5 Å². The van der Waals surface area contributed by atoms with Gasteiger partial charge in [0.05, 0.1) is 96.8 Å². The van der Waals surface area contributed by atoms with E-state index in [0.717, 1.165) is 18.2 Å². The monoisotopic (exact) mass is 834 g/mol. The second-order valence-corrected chi connectivity index (χ2v) is 11.3.